The van der Waals surface area contributed by atoms with Gasteiger partial charge in [0.15, 0.2) is 11.0 Å². The highest BCUT2D eigenvalue weighted by atomic mass is 32.2. The molecule has 0 bridgehead atoms. The van der Waals surface area contributed by atoms with E-state index in [0.29, 0.717) is 29.7 Å². The predicted molar refractivity (Wildman–Crippen MR) is 128 cm³/mol. The number of hydrogen-bond donors (Lipinski definition) is 1. The van der Waals surface area contributed by atoms with E-state index in [2.05, 4.69) is 29.0 Å². The van der Waals surface area contributed by atoms with Crippen LogP contribution in [0, 0.1) is 0 Å². The van der Waals surface area contributed by atoms with Gasteiger partial charge in [0.25, 0.3) is 0 Å². The van der Waals surface area contributed by atoms with Crippen molar-refractivity contribution in [2.24, 2.45) is 0 Å². The Balaban J connectivity index is 1.68. The van der Waals surface area contributed by atoms with Gasteiger partial charge in [-0.1, -0.05) is 43.3 Å². The Labute approximate surface area is 192 Å². The van der Waals surface area contributed by atoms with Gasteiger partial charge >= 0.3 is 0 Å². The molecule has 3 aromatic rings. The van der Waals surface area contributed by atoms with Crippen molar-refractivity contribution in [2.45, 2.75) is 31.5 Å². The van der Waals surface area contributed by atoms with Gasteiger partial charge in [-0.3, -0.25) is 9.36 Å². The summed E-state index contributed by atoms with van der Waals surface area (Å²) < 4.78 is 13.0. The second-order valence-corrected chi connectivity index (χ2v) is 7.91. The van der Waals surface area contributed by atoms with Gasteiger partial charge in [-0.15, -0.1) is 16.8 Å². The number of ether oxygens (including phenoxy) is 2. The van der Waals surface area contributed by atoms with E-state index in [4.69, 9.17) is 9.47 Å². The van der Waals surface area contributed by atoms with Crippen molar-refractivity contribution in [1.82, 2.24) is 14.8 Å². The van der Waals surface area contributed by atoms with Gasteiger partial charge in [0.2, 0.25) is 5.91 Å². The zero-order chi connectivity index (χ0) is 22.8. The van der Waals surface area contributed by atoms with Gasteiger partial charge in [0, 0.05) is 12.1 Å². The second-order valence-electron chi connectivity index (χ2n) is 6.97. The molecule has 1 heterocycles. The number of anilines is 1. The van der Waals surface area contributed by atoms with Crippen LogP contribution in [0.3, 0.4) is 0 Å². The minimum absolute atomic E-state index is 0.150. The van der Waals surface area contributed by atoms with Gasteiger partial charge < -0.3 is 14.8 Å². The first-order valence-electron chi connectivity index (χ1n) is 10.5. The summed E-state index contributed by atoms with van der Waals surface area (Å²) in [5.74, 6) is 2.21. The summed E-state index contributed by atoms with van der Waals surface area (Å²) in [6.07, 6.45) is 3.91. The van der Waals surface area contributed by atoms with E-state index >= 15 is 0 Å². The van der Waals surface area contributed by atoms with Crippen LogP contribution in [0.1, 0.15) is 19.8 Å². The number of allylic oxidation sites excluding steroid dienone is 1. The van der Waals surface area contributed by atoms with Gasteiger partial charge in [-0.05, 0) is 42.8 Å². The maximum Gasteiger partial charge on any atom is 0.234 e. The Bertz CT molecular complexity index is 1030. The number of para-hydroxylation sites is 2. The second kappa shape index (κ2) is 12.0. The Morgan fingerprint density at radius 3 is 2.69 bits per heavy atom. The number of unbranched alkanes of at least 4 members (excludes halogenated alkanes) is 1. The summed E-state index contributed by atoms with van der Waals surface area (Å²) in [7, 11) is 1.57. The maximum atomic E-state index is 12.5. The van der Waals surface area contributed by atoms with Crippen molar-refractivity contribution in [3.05, 3.63) is 61.2 Å². The lowest BCUT2D eigenvalue weighted by Gasteiger charge is -2.10. The summed E-state index contributed by atoms with van der Waals surface area (Å²) in [4.78, 5) is 12.5. The van der Waals surface area contributed by atoms with Crippen molar-refractivity contribution < 1.29 is 14.3 Å². The van der Waals surface area contributed by atoms with E-state index in [1.165, 1.54) is 11.8 Å². The molecule has 32 heavy (non-hydrogen) atoms. The van der Waals surface area contributed by atoms with E-state index in [-0.39, 0.29) is 11.7 Å². The number of nitrogens with one attached hydrogen (secondary N) is 1. The molecule has 0 fully saturated rings. The molecular weight excluding hydrogens is 424 g/mol. The Morgan fingerprint density at radius 1 is 1.19 bits per heavy atom. The number of methoxy groups -OCH3 is 1. The van der Waals surface area contributed by atoms with Crippen LogP contribution in [0.5, 0.6) is 11.5 Å². The number of benzene rings is 2. The zero-order valence-electron chi connectivity index (χ0n) is 18.4. The first kappa shape index (κ1) is 23.4. The number of carbonyl (C=O) groups is 1. The molecule has 0 aliphatic rings. The lowest BCUT2D eigenvalue weighted by molar-refractivity contribution is -0.113. The SMILES string of the molecule is C=CCn1c(SCC(=O)Nc2ccccc2OC)nnc1-c1ccc(OCCCC)cc1. The first-order valence-corrected chi connectivity index (χ1v) is 11.5. The molecule has 0 unspecified atom stereocenters. The summed E-state index contributed by atoms with van der Waals surface area (Å²) in [5.41, 5.74) is 1.56. The van der Waals surface area contributed by atoms with Crippen molar-refractivity contribution in [3.63, 3.8) is 0 Å². The van der Waals surface area contributed by atoms with Crippen molar-refractivity contribution in [1.29, 1.82) is 0 Å². The average Bonchev–Trinajstić information content (AvgIpc) is 3.21. The monoisotopic (exact) mass is 452 g/mol. The average molecular weight is 453 g/mol. The third-order valence-electron chi connectivity index (χ3n) is 4.62. The zero-order valence-corrected chi connectivity index (χ0v) is 19.2. The highest BCUT2D eigenvalue weighted by Crippen LogP contribution is 2.27. The summed E-state index contributed by atoms with van der Waals surface area (Å²) in [6.45, 7) is 7.22. The summed E-state index contributed by atoms with van der Waals surface area (Å²) >= 11 is 1.32. The number of rotatable bonds is 12. The molecule has 1 amide bonds. The molecule has 0 atom stereocenters. The highest BCUT2D eigenvalue weighted by molar-refractivity contribution is 7.99. The number of aromatic nitrogens is 3. The molecule has 0 spiro atoms. The minimum atomic E-state index is -0.150. The largest absolute Gasteiger partial charge is 0.495 e. The van der Waals surface area contributed by atoms with Crippen LogP contribution in [0.4, 0.5) is 5.69 Å². The molecule has 7 nitrogen and oxygen atoms in total. The number of amides is 1. The molecule has 1 aromatic heterocycles. The Hall–Kier alpha value is -3.26. The Kier molecular flexibility index (Phi) is 8.74. The van der Waals surface area contributed by atoms with Crippen LogP contribution >= 0.6 is 11.8 Å². The lowest BCUT2D eigenvalue weighted by Crippen LogP contribution is -2.15. The summed E-state index contributed by atoms with van der Waals surface area (Å²) in [6, 6.07) is 15.1. The van der Waals surface area contributed by atoms with Crippen LogP contribution in [0.25, 0.3) is 11.4 Å². The fourth-order valence-corrected chi connectivity index (χ4v) is 3.75. The van der Waals surface area contributed by atoms with Crippen molar-refractivity contribution in [2.75, 3.05) is 24.8 Å². The fraction of sp³-hybridized carbons (Fsp3) is 0.292. The fourth-order valence-electron chi connectivity index (χ4n) is 3.00. The highest BCUT2D eigenvalue weighted by Gasteiger charge is 2.16. The van der Waals surface area contributed by atoms with E-state index in [1.807, 2.05) is 41.0 Å². The molecule has 1 N–H and O–H groups in total. The van der Waals surface area contributed by atoms with Gasteiger partial charge in [-0.2, -0.15) is 0 Å². The molecule has 0 saturated carbocycles. The topological polar surface area (TPSA) is 78.3 Å². The van der Waals surface area contributed by atoms with Crippen LogP contribution in [0.15, 0.2) is 66.3 Å². The minimum Gasteiger partial charge on any atom is -0.495 e. The Morgan fingerprint density at radius 2 is 1.97 bits per heavy atom. The number of nitrogens with zero attached hydrogens (tertiary/aromatic N) is 3. The molecular formula is C24H28N4O3S. The third-order valence-corrected chi connectivity index (χ3v) is 5.59. The normalized spacial score (nSPS) is 10.6. The molecule has 0 radical (unpaired) electrons. The molecule has 0 aliphatic carbocycles. The van der Waals surface area contributed by atoms with E-state index in [9.17, 15) is 4.79 Å². The third kappa shape index (κ3) is 6.13. The number of carbonyl (C=O) groups excluding carboxylic acids is 1. The van der Waals surface area contributed by atoms with Crippen LogP contribution < -0.4 is 14.8 Å². The molecule has 168 valence electrons. The van der Waals surface area contributed by atoms with Crippen LogP contribution in [-0.4, -0.2) is 40.1 Å². The van der Waals surface area contributed by atoms with E-state index < -0.39 is 0 Å². The van der Waals surface area contributed by atoms with Crippen LogP contribution in [-0.2, 0) is 11.3 Å². The first-order chi connectivity index (χ1) is 15.7. The standard InChI is InChI=1S/C24H28N4O3S/c1-4-6-16-31-19-13-11-18(12-14-19)23-26-27-24(28(23)15-5-2)32-17-22(29)25-20-9-7-8-10-21(20)30-3/h5,7-14H,2,4,6,15-17H2,1,3H3,(H,25,29). The lowest BCUT2D eigenvalue weighted by atomic mass is 10.2. The smallest absolute Gasteiger partial charge is 0.234 e. The van der Waals surface area contributed by atoms with Crippen molar-refractivity contribution in [3.8, 4) is 22.9 Å². The maximum absolute atomic E-state index is 12.5. The molecule has 3 rings (SSSR count). The molecule has 0 saturated heterocycles. The molecule has 2 aromatic carbocycles. The van der Waals surface area contributed by atoms with Gasteiger partial charge in [-0.25, -0.2) is 0 Å². The number of hydrogen-bond acceptors (Lipinski definition) is 6. The van der Waals surface area contributed by atoms with Crippen LogP contribution in [0.2, 0.25) is 0 Å². The van der Waals surface area contributed by atoms with E-state index in [0.717, 1.165) is 30.0 Å². The quantitative estimate of drug-likeness (QED) is 0.235. The van der Waals surface area contributed by atoms with Gasteiger partial charge in [0.1, 0.15) is 11.5 Å². The number of thioether (sulfide) groups is 1. The molecule has 8 heteroatoms. The van der Waals surface area contributed by atoms with Gasteiger partial charge in [0.05, 0.1) is 25.2 Å². The van der Waals surface area contributed by atoms with Crippen molar-refractivity contribution >= 4 is 23.4 Å². The van der Waals surface area contributed by atoms with E-state index in [1.54, 1.807) is 25.3 Å². The molecule has 0 aliphatic heterocycles. The predicted octanol–water partition coefficient (Wildman–Crippen LogP) is 5.05. The summed E-state index contributed by atoms with van der Waals surface area (Å²) in [5, 5.41) is 12.2.